The van der Waals surface area contributed by atoms with Gasteiger partial charge < -0.3 is 15.3 Å². The third-order valence-electron chi connectivity index (χ3n) is 4.42. The number of aliphatic hydroxyl groups excluding tert-OH is 1. The standard InChI is InChI=1S/C20H24N2O2/c23-17-9-6-13-22(15-17)14-12-20(24)21-19-11-5-4-10-18(19)16-7-2-1-3-8-16/h1-5,7-8,10-11,17,23H,6,9,12-15H2,(H,21,24). The fraction of sp³-hybridized carbons (Fsp3) is 0.350. The summed E-state index contributed by atoms with van der Waals surface area (Å²) in [6.45, 7) is 2.33. The van der Waals surface area contributed by atoms with E-state index >= 15 is 0 Å². The second-order valence-electron chi connectivity index (χ2n) is 6.31. The van der Waals surface area contributed by atoms with Crippen molar-refractivity contribution in [2.75, 3.05) is 25.0 Å². The summed E-state index contributed by atoms with van der Waals surface area (Å²) >= 11 is 0. The van der Waals surface area contributed by atoms with E-state index in [4.69, 9.17) is 0 Å². The van der Waals surface area contributed by atoms with Gasteiger partial charge in [0.1, 0.15) is 0 Å². The monoisotopic (exact) mass is 324 g/mol. The van der Waals surface area contributed by atoms with Crippen molar-refractivity contribution in [3.8, 4) is 11.1 Å². The Hall–Kier alpha value is -2.17. The van der Waals surface area contributed by atoms with Crippen LogP contribution < -0.4 is 5.32 Å². The van der Waals surface area contributed by atoms with Crippen molar-refractivity contribution >= 4 is 11.6 Å². The van der Waals surface area contributed by atoms with E-state index < -0.39 is 0 Å². The van der Waals surface area contributed by atoms with Crippen molar-refractivity contribution in [1.29, 1.82) is 0 Å². The first-order valence-electron chi connectivity index (χ1n) is 8.57. The van der Waals surface area contributed by atoms with Gasteiger partial charge in [-0.3, -0.25) is 4.79 Å². The van der Waals surface area contributed by atoms with E-state index in [-0.39, 0.29) is 12.0 Å². The summed E-state index contributed by atoms with van der Waals surface area (Å²) < 4.78 is 0. The van der Waals surface area contributed by atoms with E-state index in [0.29, 0.717) is 19.5 Å². The molecule has 0 radical (unpaired) electrons. The van der Waals surface area contributed by atoms with E-state index in [9.17, 15) is 9.90 Å². The summed E-state index contributed by atoms with van der Waals surface area (Å²) in [7, 11) is 0. The van der Waals surface area contributed by atoms with Gasteiger partial charge in [-0.25, -0.2) is 0 Å². The highest BCUT2D eigenvalue weighted by atomic mass is 16.3. The molecule has 1 fully saturated rings. The van der Waals surface area contributed by atoms with E-state index in [0.717, 1.165) is 36.2 Å². The summed E-state index contributed by atoms with van der Waals surface area (Å²) in [6, 6.07) is 17.9. The van der Waals surface area contributed by atoms with Crippen LogP contribution in [-0.2, 0) is 4.79 Å². The molecule has 0 aromatic heterocycles. The molecule has 4 heteroatoms. The van der Waals surface area contributed by atoms with Crippen molar-refractivity contribution in [2.24, 2.45) is 0 Å². The number of likely N-dealkylation sites (tertiary alicyclic amines) is 1. The zero-order chi connectivity index (χ0) is 16.8. The van der Waals surface area contributed by atoms with Gasteiger partial charge in [0.2, 0.25) is 5.91 Å². The lowest BCUT2D eigenvalue weighted by Crippen LogP contribution is -2.39. The van der Waals surface area contributed by atoms with E-state index in [1.165, 1.54) is 0 Å². The van der Waals surface area contributed by atoms with Crippen LogP contribution in [0.2, 0.25) is 0 Å². The van der Waals surface area contributed by atoms with Gasteiger partial charge in [0.25, 0.3) is 0 Å². The van der Waals surface area contributed by atoms with Crippen molar-refractivity contribution < 1.29 is 9.90 Å². The predicted molar refractivity (Wildman–Crippen MR) is 96.8 cm³/mol. The highest BCUT2D eigenvalue weighted by molar-refractivity contribution is 5.95. The minimum atomic E-state index is -0.249. The smallest absolute Gasteiger partial charge is 0.225 e. The third-order valence-corrected chi connectivity index (χ3v) is 4.42. The summed E-state index contributed by atoms with van der Waals surface area (Å²) in [6.07, 6.45) is 2.06. The largest absolute Gasteiger partial charge is 0.392 e. The Morgan fingerprint density at radius 1 is 1.12 bits per heavy atom. The number of nitrogens with zero attached hydrogens (tertiary/aromatic N) is 1. The number of hydrogen-bond donors (Lipinski definition) is 2. The first kappa shape index (κ1) is 16.7. The minimum absolute atomic E-state index is 0.0124. The molecule has 1 heterocycles. The Labute approximate surface area is 143 Å². The molecule has 2 aromatic rings. The van der Waals surface area contributed by atoms with Gasteiger partial charge in [0.05, 0.1) is 6.10 Å². The molecule has 126 valence electrons. The Bertz CT molecular complexity index is 672. The number of amides is 1. The molecule has 1 aliphatic rings. The van der Waals surface area contributed by atoms with Gasteiger partial charge in [0.15, 0.2) is 0 Å². The lowest BCUT2D eigenvalue weighted by Gasteiger charge is -2.29. The molecule has 0 bridgehead atoms. The molecule has 2 N–H and O–H groups in total. The zero-order valence-electron chi connectivity index (χ0n) is 13.8. The second-order valence-corrected chi connectivity index (χ2v) is 6.31. The zero-order valence-corrected chi connectivity index (χ0v) is 13.8. The number of carbonyl (C=O) groups excluding carboxylic acids is 1. The van der Waals surface area contributed by atoms with Gasteiger partial charge in [-0.05, 0) is 31.0 Å². The Kier molecular flexibility index (Phi) is 5.62. The Morgan fingerprint density at radius 2 is 1.88 bits per heavy atom. The van der Waals surface area contributed by atoms with Crippen LogP contribution in [0, 0.1) is 0 Å². The number of piperidine rings is 1. The topological polar surface area (TPSA) is 52.6 Å². The highest BCUT2D eigenvalue weighted by Crippen LogP contribution is 2.27. The van der Waals surface area contributed by atoms with E-state index in [1.807, 2.05) is 54.6 Å². The first-order chi connectivity index (χ1) is 11.7. The van der Waals surface area contributed by atoms with Crippen LogP contribution in [0.15, 0.2) is 54.6 Å². The lowest BCUT2D eigenvalue weighted by molar-refractivity contribution is -0.116. The molecule has 24 heavy (non-hydrogen) atoms. The van der Waals surface area contributed by atoms with E-state index in [1.54, 1.807) is 0 Å². The normalized spacial score (nSPS) is 18.3. The number of nitrogens with one attached hydrogen (secondary N) is 1. The molecule has 3 rings (SSSR count). The average Bonchev–Trinajstić information content (AvgIpc) is 2.61. The quantitative estimate of drug-likeness (QED) is 0.888. The molecular weight excluding hydrogens is 300 g/mol. The average molecular weight is 324 g/mol. The number of para-hydroxylation sites is 1. The van der Waals surface area contributed by atoms with E-state index in [2.05, 4.69) is 10.2 Å². The minimum Gasteiger partial charge on any atom is -0.392 e. The molecule has 0 aliphatic carbocycles. The summed E-state index contributed by atoms with van der Waals surface area (Å²) in [5.41, 5.74) is 2.96. The van der Waals surface area contributed by atoms with Crippen molar-refractivity contribution in [1.82, 2.24) is 4.90 Å². The molecule has 4 nitrogen and oxygen atoms in total. The van der Waals surface area contributed by atoms with Crippen LogP contribution in [-0.4, -0.2) is 41.7 Å². The van der Waals surface area contributed by atoms with Crippen LogP contribution >= 0.6 is 0 Å². The van der Waals surface area contributed by atoms with Crippen LogP contribution in [0.5, 0.6) is 0 Å². The highest BCUT2D eigenvalue weighted by Gasteiger charge is 2.18. The number of anilines is 1. The van der Waals surface area contributed by atoms with Gasteiger partial charge in [-0.2, -0.15) is 0 Å². The number of rotatable bonds is 5. The number of benzene rings is 2. The Balaban J connectivity index is 1.61. The molecule has 0 spiro atoms. The summed E-state index contributed by atoms with van der Waals surface area (Å²) in [5, 5.41) is 12.7. The summed E-state index contributed by atoms with van der Waals surface area (Å²) in [4.78, 5) is 14.5. The number of β-amino-alcohol motifs (C(OH)–C–C–N with tert-alkyl or cyclic N) is 1. The third kappa shape index (κ3) is 4.43. The van der Waals surface area contributed by atoms with Crippen molar-refractivity contribution in [3.05, 3.63) is 54.6 Å². The maximum atomic E-state index is 12.3. The lowest BCUT2D eigenvalue weighted by atomic mass is 10.0. The molecular formula is C20H24N2O2. The fourth-order valence-electron chi connectivity index (χ4n) is 3.17. The number of hydrogen-bond acceptors (Lipinski definition) is 3. The maximum absolute atomic E-state index is 12.3. The number of aliphatic hydroxyl groups is 1. The van der Waals surface area contributed by atoms with Gasteiger partial charge >= 0.3 is 0 Å². The maximum Gasteiger partial charge on any atom is 0.225 e. The SMILES string of the molecule is O=C(CCN1CCCC(O)C1)Nc1ccccc1-c1ccccc1. The van der Waals surface area contributed by atoms with Crippen LogP contribution in [0.25, 0.3) is 11.1 Å². The van der Waals surface area contributed by atoms with Gasteiger partial charge in [-0.1, -0.05) is 48.5 Å². The summed E-state index contributed by atoms with van der Waals surface area (Å²) in [5.74, 6) is 0.0124. The van der Waals surface area contributed by atoms with Crippen LogP contribution in [0.3, 0.4) is 0 Å². The molecule has 1 aliphatic heterocycles. The predicted octanol–water partition coefficient (Wildman–Crippen LogP) is 3.14. The molecule has 1 atom stereocenters. The second kappa shape index (κ2) is 8.08. The van der Waals surface area contributed by atoms with Crippen LogP contribution in [0.1, 0.15) is 19.3 Å². The Morgan fingerprint density at radius 3 is 2.67 bits per heavy atom. The van der Waals surface area contributed by atoms with Crippen molar-refractivity contribution in [2.45, 2.75) is 25.4 Å². The van der Waals surface area contributed by atoms with Crippen LogP contribution in [0.4, 0.5) is 5.69 Å². The van der Waals surface area contributed by atoms with Gasteiger partial charge in [0, 0.05) is 30.8 Å². The molecule has 0 saturated carbocycles. The van der Waals surface area contributed by atoms with Gasteiger partial charge in [-0.15, -0.1) is 0 Å². The fourth-order valence-corrected chi connectivity index (χ4v) is 3.17. The number of carbonyl (C=O) groups is 1. The molecule has 1 saturated heterocycles. The molecule has 2 aromatic carbocycles. The molecule has 1 amide bonds. The first-order valence-corrected chi connectivity index (χ1v) is 8.57. The van der Waals surface area contributed by atoms with Crippen molar-refractivity contribution in [3.63, 3.8) is 0 Å². The molecule has 1 unspecified atom stereocenters.